The molecule has 13 heavy (non-hydrogen) atoms. The van der Waals surface area contributed by atoms with Crippen LogP contribution in [0.5, 0.6) is 0 Å². The van der Waals surface area contributed by atoms with Crippen molar-refractivity contribution >= 4 is 6.41 Å². The van der Waals surface area contributed by atoms with E-state index in [9.17, 15) is 4.79 Å². The Morgan fingerprint density at radius 2 is 2.00 bits per heavy atom. The van der Waals surface area contributed by atoms with E-state index in [1.807, 2.05) is 0 Å². The van der Waals surface area contributed by atoms with Gasteiger partial charge >= 0.3 is 0 Å². The van der Waals surface area contributed by atoms with E-state index < -0.39 is 0 Å². The fraction of sp³-hybridized carbons (Fsp3) is 0.900. The quantitative estimate of drug-likeness (QED) is 0.434. The van der Waals surface area contributed by atoms with E-state index in [0.717, 1.165) is 26.0 Å². The lowest BCUT2D eigenvalue weighted by atomic mass is 10.2. The average Bonchev–Trinajstić information content (AvgIpc) is 2.13. The molecule has 0 saturated heterocycles. The van der Waals surface area contributed by atoms with Crippen LogP contribution >= 0.6 is 0 Å². The van der Waals surface area contributed by atoms with E-state index in [0.29, 0.717) is 0 Å². The van der Waals surface area contributed by atoms with Crippen molar-refractivity contribution in [2.45, 2.75) is 32.6 Å². The lowest BCUT2D eigenvalue weighted by molar-refractivity contribution is -0.109. The van der Waals surface area contributed by atoms with Crippen LogP contribution in [-0.2, 0) is 4.79 Å². The normalized spacial score (nSPS) is 10.4. The first kappa shape index (κ1) is 12.4. The zero-order valence-electron chi connectivity index (χ0n) is 8.88. The molecule has 0 aromatic heterocycles. The number of hydrogen-bond acceptors (Lipinski definition) is 2. The maximum atomic E-state index is 9.96. The van der Waals surface area contributed by atoms with Gasteiger partial charge in [-0.1, -0.05) is 26.2 Å². The Morgan fingerprint density at radius 3 is 2.62 bits per heavy atom. The number of likely N-dealkylation sites (N-methyl/N-ethyl adjacent to an activating group) is 1. The Hall–Kier alpha value is -0.570. The Labute approximate surface area is 81.5 Å². The predicted octanol–water partition coefficient (Wildman–Crippen LogP) is 1.24. The van der Waals surface area contributed by atoms with Crippen molar-refractivity contribution in [2.24, 2.45) is 0 Å². The van der Waals surface area contributed by atoms with Crippen LogP contribution in [0.1, 0.15) is 32.6 Å². The van der Waals surface area contributed by atoms with Crippen LogP contribution in [0, 0.1) is 0 Å². The van der Waals surface area contributed by atoms with Gasteiger partial charge in [0, 0.05) is 13.1 Å². The largest absolute Gasteiger partial charge is 0.357 e. The molecule has 0 aliphatic carbocycles. The highest BCUT2D eigenvalue weighted by Gasteiger charge is 1.96. The summed E-state index contributed by atoms with van der Waals surface area (Å²) in [5.74, 6) is 0. The van der Waals surface area contributed by atoms with Crippen molar-refractivity contribution in [3.8, 4) is 0 Å². The van der Waals surface area contributed by atoms with Gasteiger partial charge in [-0.3, -0.25) is 4.79 Å². The second kappa shape index (κ2) is 9.52. The molecule has 0 unspecified atom stereocenters. The van der Waals surface area contributed by atoms with Gasteiger partial charge in [0.05, 0.1) is 0 Å². The molecular formula is C10H22N2O. The third kappa shape index (κ3) is 9.34. The maximum absolute atomic E-state index is 9.96. The number of nitrogens with one attached hydrogen (secondary N) is 1. The summed E-state index contributed by atoms with van der Waals surface area (Å²) in [6.45, 7) is 5.07. The molecule has 0 bridgehead atoms. The Balaban J connectivity index is 3.09. The van der Waals surface area contributed by atoms with E-state index >= 15 is 0 Å². The first-order valence-corrected chi connectivity index (χ1v) is 5.16. The van der Waals surface area contributed by atoms with Crippen molar-refractivity contribution in [3.05, 3.63) is 0 Å². The summed E-state index contributed by atoms with van der Waals surface area (Å²) in [6, 6.07) is 0. The standard InChI is InChI=1S/C10H22N2O/c1-3-4-5-6-8-12(2)9-7-11-10-13/h10H,3-9H2,1-2H3,(H,11,13). The summed E-state index contributed by atoms with van der Waals surface area (Å²) < 4.78 is 0. The first-order chi connectivity index (χ1) is 6.31. The third-order valence-electron chi connectivity index (χ3n) is 2.11. The highest BCUT2D eigenvalue weighted by Crippen LogP contribution is 1.99. The lowest BCUT2D eigenvalue weighted by Gasteiger charge is -2.15. The van der Waals surface area contributed by atoms with Gasteiger partial charge in [0.25, 0.3) is 0 Å². The fourth-order valence-electron chi connectivity index (χ4n) is 1.23. The number of unbranched alkanes of at least 4 members (excludes halogenated alkanes) is 3. The molecule has 1 amide bonds. The number of hydrogen-bond donors (Lipinski definition) is 1. The van der Waals surface area contributed by atoms with Gasteiger partial charge < -0.3 is 10.2 Å². The van der Waals surface area contributed by atoms with Crippen LogP contribution in [0.15, 0.2) is 0 Å². The minimum Gasteiger partial charge on any atom is -0.357 e. The molecule has 0 radical (unpaired) electrons. The smallest absolute Gasteiger partial charge is 0.207 e. The molecule has 0 aliphatic heterocycles. The highest BCUT2D eigenvalue weighted by atomic mass is 16.1. The van der Waals surface area contributed by atoms with Gasteiger partial charge in [-0.05, 0) is 20.0 Å². The molecule has 0 spiro atoms. The topological polar surface area (TPSA) is 32.3 Å². The SMILES string of the molecule is CCCCCCN(C)CCNC=O. The van der Waals surface area contributed by atoms with E-state index in [2.05, 4.69) is 24.2 Å². The summed E-state index contributed by atoms with van der Waals surface area (Å²) in [7, 11) is 2.10. The van der Waals surface area contributed by atoms with Crippen LogP contribution in [0.25, 0.3) is 0 Å². The molecule has 0 aromatic carbocycles. The molecule has 0 aromatic rings. The van der Waals surface area contributed by atoms with Crippen molar-refractivity contribution < 1.29 is 4.79 Å². The number of carbonyl (C=O) groups excluding carboxylic acids is 1. The Bertz CT molecular complexity index is 117. The summed E-state index contributed by atoms with van der Waals surface area (Å²) in [6.07, 6.45) is 5.97. The number of rotatable bonds is 9. The minimum absolute atomic E-state index is 0.755. The molecule has 3 heteroatoms. The van der Waals surface area contributed by atoms with Crippen molar-refractivity contribution in [1.82, 2.24) is 10.2 Å². The minimum atomic E-state index is 0.755. The molecule has 78 valence electrons. The van der Waals surface area contributed by atoms with E-state index in [1.54, 1.807) is 0 Å². The monoisotopic (exact) mass is 186 g/mol. The third-order valence-corrected chi connectivity index (χ3v) is 2.11. The summed E-state index contributed by atoms with van der Waals surface area (Å²) in [5.41, 5.74) is 0. The molecule has 1 N–H and O–H groups in total. The van der Waals surface area contributed by atoms with Crippen LogP contribution in [0.3, 0.4) is 0 Å². The zero-order valence-corrected chi connectivity index (χ0v) is 8.88. The van der Waals surface area contributed by atoms with Crippen LogP contribution in [0.2, 0.25) is 0 Å². The van der Waals surface area contributed by atoms with Crippen molar-refractivity contribution in [1.29, 1.82) is 0 Å². The summed E-state index contributed by atoms with van der Waals surface area (Å²) in [4.78, 5) is 12.2. The van der Waals surface area contributed by atoms with Crippen LogP contribution < -0.4 is 5.32 Å². The maximum Gasteiger partial charge on any atom is 0.207 e. The highest BCUT2D eigenvalue weighted by molar-refractivity contribution is 5.45. The Morgan fingerprint density at radius 1 is 1.23 bits per heavy atom. The summed E-state index contributed by atoms with van der Waals surface area (Å²) >= 11 is 0. The molecular weight excluding hydrogens is 164 g/mol. The van der Waals surface area contributed by atoms with E-state index in [1.165, 1.54) is 25.7 Å². The molecule has 0 aliphatic rings. The fourth-order valence-corrected chi connectivity index (χ4v) is 1.23. The Kier molecular flexibility index (Phi) is 9.10. The van der Waals surface area contributed by atoms with Gasteiger partial charge in [-0.2, -0.15) is 0 Å². The molecule has 0 heterocycles. The molecule has 3 nitrogen and oxygen atoms in total. The van der Waals surface area contributed by atoms with Crippen LogP contribution in [-0.4, -0.2) is 38.0 Å². The number of carbonyl (C=O) groups is 1. The molecule has 0 atom stereocenters. The summed E-state index contributed by atoms with van der Waals surface area (Å²) in [5, 5.41) is 2.66. The second-order valence-corrected chi connectivity index (χ2v) is 3.44. The molecule has 0 fully saturated rings. The lowest BCUT2D eigenvalue weighted by Crippen LogP contribution is -2.29. The first-order valence-electron chi connectivity index (χ1n) is 5.16. The number of amides is 1. The molecule has 0 saturated carbocycles. The second-order valence-electron chi connectivity index (χ2n) is 3.44. The molecule has 0 rings (SSSR count). The van der Waals surface area contributed by atoms with Crippen molar-refractivity contribution in [2.75, 3.05) is 26.7 Å². The van der Waals surface area contributed by atoms with Gasteiger partial charge in [0.2, 0.25) is 6.41 Å². The average molecular weight is 186 g/mol. The van der Waals surface area contributed by atoms with Gasteiger partial charge in [0.1, 0.15) is 0 Å². The van der Waals surface area contributed by atoms with Gasteiger partial charge in [-0.15, -0.1) is 0 Å². The van der Waals surface area contributed by atoms with Gasteiger partial charge in [0.15, 0.2) is 0 Å². The van der Waals surface area contributed by atoms with Crippen molar-refractivity contribution in [3.63, 3.8) is 0 Å². The van der Waals surface area contributed by atoms with Gasteiger partial charge in [-0.25, -0.2) is 0 Å². The zero-order chi connectivity index (χ0) is 9.94. The number of nitrogens with zero attached hydrogens (tertiary/aromatic N) is 1. The van der Waals surface area contributed by atoms with E-state index in [-0.39, 0.29) is 0 Å². The van der Waals surface area contributed by atoms with E-state index in [4.69, 9.17) is 0 Å². The van der Waals surface area contributed by atoms with Crippen LogP contribution in [0.4, 0.5) is 0 Å². The predicted molar refractivity (Wildman–Crippen MR) is 55.7 cm³/mol.